The standard InChI is InChI=1S/C16H26O5/c1-15(2,3)13(17)20-10-8-7-9-11(19-9)12(10)21-14(18)16(4,5)6/h9-12H,7-8H2,1-6H3/t9-,10+,11-,12+/m0/s1. The second-order valence-corrected chi connectivity index (χ2v) is 8.03. The highest BCUT2D eigenvalue weighted by Crippen LogP contribution is 2.41. The minimum Gasteiger partial charge on any atom is -0.458 e. The summed E-state index contributed by atoms with van der Waals surface area (Å²) in [6.45, 7) is 10.8. The average Bonchev–Trinajstić information content (AvgIpc) is 3.08. The van der Waals surface area contributed by atoms with Crippen molar-refractivity contribution in [1.29, 1.82) is 0 Å². The number of epoxide rings is 1. The second-order valence-electron chi connectivity index (χ2n) is 8.03. The van der Waals surface area contributed by atoms with Crippen molar-refractivity contribution in [3.05, 3.63) is 0 Å². The third kappa shape index (κ3) is 3.76. The van der Waals surface area contributed by atoms with E-state index in [0.29, 0.717) is 6.42 Å². The summed E-state index contributed by atoms with van der Waals surface area (Å²) in [5, 5.41) is 0. The molecule has 5 nitrogen and oxygen atoms in total. The summed E-state index contributed by atoms with van der Waals surface area (Å²) in [5.74, 6) is -0.566. The van der Waals surface area contributed by atoms with Crippen LogP contribution in [0.5, 0.6) is 0 Å². The minimum atomic E-state index is -0.583. The normalized spacial score (nSPS) is 32.1. The van der Waals surface area contributed by atoms with E-state index in [1.54, 1.807) is 20.8 Å². The molecule has 2 fully saturated rings. The SMILES string of the molecule is CC(C)(C)C(=O)O[C@H]1[C@H]2O[C@H]2CC[C@H]1OC(=O)C(C)(C)C. The second kappa shape index (κ2) is 5.27. The van der Waals surface area contributed by atoms with Crippen LogP contribution in [0.2, 0.25) is 0 Å². The maximum absolute atomic E-state index is 12.1. The number of hydrogen-bond donors (Lipinski definition) is 0. The van der Waals surface area contributed by atoms with Crippen molar-refractivity contribution < 1.29 is 23.8 Å². The highest BCUT2D eigenvalue weighted by molar-refractivity contribution is 5.76. The third-order valence-electron chi connectivity index (χ3n) is 3.77. The van der Waals surface area contributed by atoms with Gasteiger partial charge in [-0.2, -0.15) is 0 Å². The van der Waals surface area contributed by atoms with E-state index in [1.807, 2.05) is 20.8 Å². The Morgan fingerprint density at radius 2 is 1.43 bits per heavy atom. The number of carbonyl (C=O) groups excluding carboxylic acids is 2. The van der Waals surface area contributed by atoms with Crippen LogP contribution in [0.4, 0.5) is 0 Å². The van der Waals surface area contributed by atoms with Crippen molar-refractivity contribution >= 4 is 11.9 Å². The molecule has 0 aromatic heterocycles. The fraction of sp³-hybridized carbons (Fsp3) is 0.875. The van der Waals surface area contributed by atoms with Gasteiger partial charge in [0.25, 0.3) is 0 Å². The van der Waals surface area contributed by atoms with E-state index in [2.05, 4.69) is 0 Å². The van der Waals surface area contributed by atoms with Crippen molar-refractivity contribution in [3.63, 3.8) is 0 Å². The van der Waals surface area contributed by atoms with Crippen LogP contribution in [-0.4, -0.2) is 36.4 Å². The molecule has 120 valence electrons. The molecule has 2 rings (SSSR count). The van der Waals surface area contributed by atoms with Crippen LogP contribution in [0.15, 0.2) is 0 Å². The highest BCUT2D eigenvalue weighted by Gasteiger charge is 2.55. The monoisotopic (exact) mass is 298 g/mol. The van der Waals surface area contributed by atoms with E-state index in [0.717, 1.165) is 6.42 Å². The summed E-state index contributed by atoms with van der Waals surface area (Å²) >= 11 is 0. The molecule has 0 aromatic carbocycles. The molecule has 0 spiro atoms. The fourth-order valence-electron chi connectivity index (χ4n) is 2.27. The molecule has 1 aliphatic carbocycles. The van der Waals surface area contributed by atoms with Crippen LogP contribution in [0.3, 0.4) is 0 Å². The van der Waals surface area contributed by atoms with Crippen molar-refractivity contribution in [1.82, 2.24) is 0 Å². The Kier molecular flexibility index (Phi) is 4.08. The molecule has 5 heteroatoms. The Bertz CT molecular complexity index is 429. The molecule has 2 aliphatic rings. The van der Waals surface area contributed by atoms with Crippen molar-refractivity contribution in [2.24, 2.45) is 10.8 Å². The van der Waals surface area contributed by atoms with E-state index >= 15 is 0 Å². The van der Waals surface area contributed by atoms with Crippen molar-refractivity contribution in [2.75, 3.05) is 0 Å². The molecule has 0 radical (unpaired) electrons. The van der Waals surface area contributed by atoms with Gasteiger partial charge in [0.2, 0.25) is 0 Å². The first-order valence-corrected chi connectivity index (χ1v) is 7.58. The Hall–Kier alpha value is -1.10. The molecule has 0 N–H and O–H groups in total. The maximum Gasteiger partial charge on any atom is 0.311 e. The van der Waals surface area contributed by atoms with Crippen LogP contribution in [0.25, 0.3) is 0 Å². The van der Waals surface area contributed by atoms with E-state index < -0.39 is 23.0 Å². The molecule has 21 heavy (non-hydrogen) atoms. The van der Waals surface area contributed by atoms with E-state index in [-0.39, 0.29) is 24.1 Å². The van der Waals surface area contributed by atoms with Gasteiger partial charge in [0.1, 0.15) is 12.2 Å². The molecule has 0 aromatic rings. The van der Waals surface area contributed by atoms with E-state index in [1.165, 1.54) is 0 Å². The zero-order chi connectivity index (χ0) is 16.0. The highest BCUT2D eigenvalue weighted by atomic mass is 16.6. The van der Waals surface area contributed by atoms with Gasteiger partial charge in [0, 0.05) is 0 Å². The Labute approximate surface area is 126 Å². The van der Waals surface area contributed by atoms with Gasteiger partial charge in [-0.15, -0.1) is 0 Å². The van der Waals surface area contributed by atoms with Gasteiger partial charge in [-0.3, -0.25) is 9.59 Å². The van der Waals surface area contributed by atoms with Crippen LogP contribution in [0.1, 0.15) is 54.4 Å². The molecular formula is C16H26O5. The lowest BCUT2D eigenvalue weighted by molar-refractivity contribution is -0.181. The first kappa shape index (κ1) is 16.3. The number of carbonyl (C=O) groups is 2. The van der Waals surface area contributed by atoms with Crippen LogP contribution in [0, 0.1) is 10.8 Å². The van der Waals surface area contributed by atoms with E-state index in [4.69, 9.17) is 14.2 Å². The molecule has 1 saturated heterocycles. The number of rotatable bonds is 2. The van der Waals surface area contributed by atoms with Gasteiger partial charge < -0.3 is 14.2 Å². The molecule has 1 heterocycles. The predicted molar refractivity (Wildman–Crippen MR) is 76.6 cm³/mol. The van der Waals surface area contributed by atoms with Gasteiger partial charge in [0.15, 0.2) is 6.10 Å². The predicted octanol–water partition coefficient (Wildman–Crippen LogP) is 2.46. The fourth-order valence-corrected chi connectivity index (χ4v) is 2.27. The minimum absolute atomic E-state index is 0.122. The zero-order valence-electron chi connectivity index (χ0n) is 13.8. The number of ether oxygens (including phenoxy) is 3. The topological polar surface area (TPSA) is 65.1 Å². The maximum atomic E-state index is 12.1. The molecule has 0 bridgehead atoms. The van der Waals surface area contributed by atoms with Gasteiger partial charge in [-0.1, -0.05) is 0 Å². The van der Waals surface area contributed by atoms with Gasteiger partial charge in [-0.05, 0) is 54.4 Å². The lowest BCUT2D eigenvalue weighted by Gasteiger charge is -2.32. The van der Waals surface area contributed by atoms with Crippen LogP contribution < -0.4 is 0 Å². The van der Waals surface area contributed by atoms with Gasteiger partial charge >= 0.3 is 11.9 Å². The summed E-state index contributed by atoms with van der Waals surface area (Å²) in [4.78, 5) is 24.2. The first-order valence-electron chi connectivity index (χ1n) is 7.58. The van der Waals surface area contributed by atoms with Crippen LogP contribution in [-0.2, 0) is 23.8 Å². The van der Waals surface area contributed by atoms with Crippen molar-refractivity contribution in [2.45, 2.75) is 78.8 Å². The number of hydrogen-bond acceptors (Lipinski definition) is 5. The van der Waals surface area contributed by atoms with Crippen molar-refractivity contribution in [3.8, 4) is 0 Å². The molecule has 4 atom stereocenters. The summed E-state index contributed by atoms with van der Waals surface area (Å²) in [7, 11) is 0. The summed E-state index contributed by atoms with van der Waals surface area (Å²) < 4.78 is 16.7. The van der Waals surface area contributed by atoms with E-state index in [9.17, 15) is 9.59 Å². The molecule has 1 saturated carbocycles. The zero-order valence-corrected chi connectivity index (χ0v) is 13.8. The Morgan fingerprint density at radius 3 is 1.95 bits per heavy atom. The summed E-state index contributed by atoms with van der Waals surface area (Å²) in [5.41, 5.74) is -1.15. The molecular weight excluding hydrogens is 272 g/mol. The lowest BCUT2D eigenvalue weighted by Crippen LogP contribution is -2.45. The first-order chi connectivity index (χ1) is 9.50. The van der Waals surface area contributed by atoms with Gasteiger partial charge in [-0.25, -0.2) is 0 Å². The lowest BCUT2D eigenvalue weighted by atomic mass is 9.92. The Morgan fingerprint density at radius 1 is 0.905 bits per heavy atom. The quantitative estimate of drug-likeness (QED) is 0.579. The molecule has 0 amide bonds. The third-order valence-corrected chi connectivity index (χ3v) is 3.77. The number of esters is 2. The molecule has 0 unspecified atom stereocenters. The van der Waals surface area contributed by atoms with Gasteiger partial charge in [0.05, 0.1) is 16.9 Å². The Balaban J connectivity index is 2.05. The largest absolute Gasteiger partial charge is 0.458 e. The van der Waals surface area contributed by atoms with Crippen LogP contribution >= 0.6 is 0 Å². The number of fused-ring (bicyclic) bond motifs is 1. The molecule has 1 aliphatic heterocycles. The smallest absolute Gasteiger partial charge is 0.311 e. The summed E-state index contributed by atoms with van der Waals surface area (Å²) in [6.07, 6.45) is 0.644. The summed E-state index contributed by atoms with van der Waals surface area (Å²) in [6, 6.07) is 0. The average molecular weight is 298 g/mol.